The maximum Gasteiger partial charge on any atom is 0.268 e. The van der Waals surface area contributed by atoms with Crippen molar-refractivity contribution in [1.82, 2.24) is 24.8 Å². The summed E-state index contributed by atoms with van der Waals surface area (Å²) in [4.78, 5) is 38.4. The number of halogens is 1. The predicted molar refractivity (Wildman–Crippen MR) is 181 cm³/mol. The van der Waals surface area contributed by atoms with Gasteiger partial charge in [-0.3, -0.25) is 14.9 Å². The van der Waals surface area contributed by atoms with Gasteiger partial charge in [-0.15, -0.1) is 11.3 Å². The van der Waals surface area contributed by atoms with Crippen LogP contribution in [-0.2, 0) is 17.9 Å². The highest BCUT2D eigenvalue weighted by molar-refractivity contribution is 7.17. The molecular weight excluding hydrogens is 617 g/mol. The molecule has 5 rings (SSSR count). The first kappa shape index (κ1) is 33.9. The molecule has 12 heteroatoms. The zero-order valence-corrected chi connectivity index (χ0v) is 28.1. The number of anilines is 1. The minimum Gasteiger partial charge on any atom is -0.389 e. The first-order valence-corrected chi connectivity index (χ1v) is 16.4. The average Bonchev–Trinajstić information content (AvgIpc) is 3.74. The fraction of sp³-hybridized carbons (Fsp3) is 0.400. The SMILES string of the molecule is CC(C)(C)C=C(C#N)C(=O)N1CCC[C@@H]1Cn1c(NC(=O)c2ccc(-c3ccnc(F)c3)s2)nc2cc(CNCC(C)(C)O)ccc21. The van der Waals surface area contributed by atoms with Gasteiger partial charge >= 0.3 is 0 Å². The normalized spacial score (nSPS) is 15.7. The number of nitrogens with one attached hydrogen (secondary N) is 2. The number of imidazole rings is 1. The Bertz CT molecular complexity index is 1860. The van der Waals surface area contributed by atoms with E-state index >= 15 is 0 Å². The summed E-state index contributed by atoms with van der Waals surface area (Å²) in [6.07, 6.45) is 4.63. The molecular formula is C35H40FN7O3S. The maximum absolute atomic E-state index is 13.7. The molecule has 0 bridgehead atoms. The van der Waals surface area contributed by atoms with Crippen LogP contribution in [0, 0.1) is 22.7 Å². The van der Waals surface area contributed by atoms with Crippen LogP contribution in [0.4, 0.5) is 10.3 Å². The molecule has 4 heterocycles. The predicted octanol–water partition coefficient (Wildman–Crippen LogP) is 5.90. The lowest BCUT2D eigenvalue weighted by Crippen LogP contribution is -2.39. The lowest BCUT2D eigenvalue weighted by Gasteiger charge is -2.26. The number of fused-ring (bicyclic) bond motifs is 1. The Kier molecular flexibility index (Phi) is 9.91. The number of rotatable bonds is 10. The van der Waals surface area contributed by atoms with Crippen LogP contribution >= 0.6 is 11.3 Å². The Morgan fingerprint density at radius 3 is 2.66 bits per heavy atom. The summed E-state index contributed by atoms with van der Waals surface area (Å²) in [5, 5.41) is 26.1. The number of nitrogens with zero attached hydrogens (tertiary/aromatic N) is 5. The Balaban J connectivity index is 1.45. The van der Waals surface area contributed by atoms with Crippen LogP contribution in [0.3, 0.4) is 0 Å². The second-order valence-corrected chi connectivity index (χ2v) is 14.7. The number of benzene rings is 1. The van der Waals surface area contributed by atoms with Crippen LogP contribution in [0.25, 0.3) is 21.5 Å². The Morgan fingerprint density at radius 1 is 1.17 bits per heavy atom. The van der Waals surface area contributed by atoms with E-state index in [1.807, 2.05) is 43.5 Å². The molecule has 1 saturated heterocycles. The fourth-order valence-corrected chi connectivity index (χ4v) is 6.54. The topological polar surface area (TPSA) is 136 Å². The Labute approximate surface area is 277 Å². The van der Waals surface area contributed by atoms with Crippen LogP contribution in [0.2, 0.25) is 0 Å². The van der Waals surface area contributed by atoms with Gasteiger partial charge < -0.3 is 19.9 Å². The molecule has 10 nitrogen and oxygen atoms in total. The zero-order valence-electron chi connectivity index (χ0n) is 27.3. The third-order valence-electron chi connectivity index (χ3n) is 7.73. The van der Waals surface area contributed by atoms with E-state index in [9.17, 15) is 24.3 Å². The van der Waals surface area contributed by atoms with Gasteiger partial charge in [0.25, 0.3) is 11.8 Å². The minimum absolute atomic E-state index is 0.124. The fourth-order valence-electron chi connectivity index (χ4n) is 5.65. The van der Waals surface area contributed by atoms with Crippen molar-refractivity contribution < 1.29 is 19.1 Å². The van der Waals surface area contributed by atoms with Gasteiger partial charge in [-0.1, -0.05) is 32.9 Å². The first-order valence-electron chi connectivity index (χ1n) is 15.6. The number of carbonyl (C=O) groups is 2. The highest BCUT2D eigenvalue weighted by Crippen LogP contribution is 2.31. The standard InChI is InChI=1S/C35H40FN7O3S/c1-34(2,3)17-24(18-37)32(45)42-14-6-7-25(42)20-43-27-9-8-22(19-38-21-35(4,5)46)15-26(27)40-33(43)41-31(44)29-11-10-28(47-29)23-12-13-39-30(36)16-23/h8-13,15-17,25,38,46H,6-7,14,19-21H2,1-5H3,(H,40,41,44)/t25-/m1/s1. The molecule has 1 aromatic carbocycles. The van der Waals surface area contributed by atoms with Gasteiger partial charge in [-0.05, 0) is 73.6 Å². The van der Waals surface area contributed by atoms with E-state index in [-0.39, 0.29) is 28.8 Å². The zero-order chi connectivity index (χ0) is 33.9. The van der Waals surface area contributed by atoms with Crippen molar-refractivity contribution in [3.05, 3.63) is 76.7 Å². The third kappa shape index (κ3) is 8.48. The molecule has 1 aliphatic heterocycles. The number of carbonyl (C=O) groups excluding carboxylic acids is 2. The number of pyridine rings is 1. The van der Waals surface area contributed by atoms with Crippen LogP contribution < -0.4 is 10.6 Å². The summed E-state index contributed by atoms with van der Waals surface area (Å²) in [6, 6.07) is 14.2. The van der Waals surface area contributed by atoms with Crippen LogP contribution in [0.5, 0.6) is 0 Å². The summed E-state index contributed by atoms with van der Waals surface area (Å²) < 4.78 is 15.6. The van der Waals surface area contributed by atoms with Crippen LogP contribution in [0.15, 0.2) is 60.3 Å². The van der Waals surface area contributed by atoms with E-state index in [4.69, 9.17) is 4.98 Å². The van der Waals surface area contributed by atoms with E-state index in [0.717, 1.165) is 28.8 Å². The molecule has 1 atom stereocenters. The largest absolute Gasteiger partial charge is 0.389 e. The molecule has 4 aromatic rings. The van der Waals surface area contributed by atoms with E-state index in [0.29, 0.717) is 48.1 Å². The van der Waals surface area contributed by atoms with Crippen molar-refractivity contribution in [2.45, 2.75) is 72.2 Å². The van der Waals surface area contributed by atoms with E-state index in [2.05, 4.69) is 21.7 Å². The molecule has 3 aromatic heterocycles. The number of thiophene rings is 1. The summed E-state index contributed by atoms with van der Waals surface area (Å²) in [5.41, 5.74) is 1.98. The number of aliphatic hydroxyl groups is 1. The van der Waals surface area contributed by atoms with Crippen LogP contribution in [0.1, 0.15) is 62.7 Å². The number of likely N-dealkylation sites (tertiary alicyclic amines) is 1. The van der Waals surface area contributed by atoms with Gasteiger partial charge in [0.1, 0.15) is 11.6 Å². The summed E-state index contributed by atoms with van der Waals surface area (Å²) >= 11 is 1.23. The van der Waals surface area contributed by atoms with Gasteiger partial charge in [-0.2, -0.15) is 9.65 Å². The van der Waals surface area contributed by atoms with Crippen molar-refractivity contribution in [3.63, 3.8) is 0 Å². The maximum atomic E-state index is 13.7. The van der Waals surface area contributed by atoms with Gasteiger partial charge in [0.2, 0.25) is 11.9 Å². The number of nitriles is 1. The Hall–Kier alpha value is -4.44. The lowest BCUT2D eigenvalue weighted by atomic mass is 9.93. The molecule has 0 radical (unpaired) electrons. The molecule has 3 N–H and O–H groups in total. The van der Waals surface area contributed by atoms with E-state index < -0.39 is 11.5 Å². The minimum atomic E-state index is -0.853. The molecule has 2 amide bonds. The highest BCUT2D eigenvalue weighted by Gasteiger charge is 2.33. The molecule has 0 saturated carbocycles. The van der Waals surface area contributed by atoms with Crippen molar-refractivity contribution in [2.75, 3.05) is 18.4 Å². The monoisotopic (exact) mass is 657 g/mol. The molecule has 246 valence electrons. The summed E-state index contributed by atoms with van der Waals surface area (Å²) in [5.74, 6) is -0.917. The second kappa shape index (κ2) is 13.7. The van der Waals surface area contributed by atoms with Gasteiger partial charge in [-0.25, -0.2) is 9.97 Å². The number of hydrogen-bond acceptors (Lipinski definition) is 8. The molecule has 1 fully saturated rings. The van der Waals surface area contributed by atoms with Gasteiger partial charge in [0.05, 0.1) is 27.6 Å². The average molecular weight is 658 g/mol. The van der Waals surface area contributed by atoms with Crippen LogP contribution in [-0.4, -0.2) is 61.1 Å². The van der Waals surface area contributed by atoms with Gasteiger partial charge in [0, 0.05) is 43.3 Å². The highest BCUT2D eigenvalue weighted by atomic mass is 32.1. The number of aromatic nitrogens is 3. The third-order valence-corrected chi connectivity index (χ3v) is 8.86. The summed E-state index contributed by atoms with van der Waals surface area (Å²) in [6.45, 7) is 11.2. The van der Waals surface area contributed by atoms with Crippen molar-refractivity contribution >= 4 is 40.1 Å². The van der Waals surface area contributed by atoms with Crippen molar-refractivity contribution in [3.8, 4) is 16.5 Å². The lowest BCUT2D eigenvalue weighted by molar-refractivity contribution is -0.127. The van der Waals surface area contributed by atoms with E-state index in [1.165, 1.54) is 23.6 Å². The quantitative estimate of drug-likeness (QED) is 0.110. The number of hydrogen-bond donors (Lipinski definition) is 3. The summed E-state index contributed by atoms with van der Waals surface area (Å²) in [7, 11) is 0. The van der Waals surface area contributed by atoms with E-state index in [1.54, 1.807) is 43.0 Å². The molecule has 0 aliphatic carbocycles. The Morgan fingerprint density at radius 2 is 1.96 bits per heavy atom. The number of allylic oxidation sites excluding steroid dienone is 1. The molecule has 47 heavy (non-hydrogen) atoms. The molecule has 1 aliphatic rings. The second-order valence-electron chi connectivity index (χ2n) is 13.6. The first-order chi connectivity index (χ1) is 22.2. The molecule has 0 unspecified atom stereocenters. The number of amides is 2. The van der Waals surface area contributed by atoms with Gasteiger partial charge in [0.15, 0.2) is 0 Å². The smallest absolute Gasteiger partial charge is 0.268 e. The van der Waals surface area contributed by atoms with Crippen molar-refractivity contribution in [2.24, 2.45) is 5.41 Å². The van der Waals surface area contributed by atoms with Crippen molar-refractivity contribution in [1.29, 1.82) is 5.26 Å². The molecule has 0 spiro atoms.